The second-order valence-electron chi connectivity index (χ2n) is 10.9. The first kappa shape index (κ1) is 26.3. The number of unbranched alkanes of at least 4 members (excludes halogenated alkanes) is 3. The number of ether oxygens (including phenoxy) is 1. The zero-order valence-electron chi connectivity index (χ0n) is 21.6. The lowest BCUT2D eigenvalue weighted by Gasteiger charge is -2.30. The Kier molecular flexibility index (Phi) is 11.8. The van der Waals surface area contributed by atoms with Crippen LogP contribution in [0.1, 0.15) is 122 Å². The van der Waals surface area contributed by atoms with Crippen LogP contribution in [0.4, 0.5) is 4.39 Å². The van der Waals surface area contributed by atoms with Gasteiger partial charge in [0.2, 0.25) is 0 Å². The van der Waals surface area contributed by atoms with Crippen LogP contribution >= 0.6 is 0 Å². The fraction of sp³-hybridized carbons (Fsp3) is 0.742. The van der Waals surface area contributed by atoms with E-state index in [4.69, 9.17) is 4.74 Å². The number of hydrogen-bond donors (Lipinski definition) is 0. The highest BCUT2D eigenvalue weighted by atomic mass is 19.1. The lowest BCUT2D eigenvalue weighted by molar-refractivity contribution is 0.234. The number of aryl methyl sites for hydroxylation is 1. The van der Waals surface area contributed by atoms with E-state index in [1.807, 2.05) is 12.1 Å². The van der Waals surface area contributed by atoms with Crippen molar-refractivity contribution in [1.29, 1.82) is 0 Å². The van der Waals surface area contributed by atoms with Crippen LogP contribution in [0, 0.1) is 23.6 Å². The minimum atomic E-state index is -0.212. The summed E-state index contributed by atoms with van der Waals surface area (Å²) in [5.41, 5.74) is 2.67. The highest BCUT2D eigenvalue weighted by Crippen LogP contribution is 2.37. The van der Waals surface area contributed by atoms with Crippen molar-refractivity contribution in [2.45, 2.75) is 123 Å². The molecular weight excluding hydrogens is 407 g/mol. The lowest BCUT2D eigenvalue weighted by Crippen LogP contribution is -2.16. The second-order valence-corrected chi connectivity index (χ2v) is 10.9. The minimum absolute atomic E-state index is 0.212. The summed E-state index contributed by atoms with van der Waals surface area (Å²) in [6.45, 7) is 5.03. The monoisotopic (exact) mass is 456 g/mol. The molecule has 1 atom stereocenters. The Hall–Kier alpha value is -1.31. The summed E-state index contributed by atoms with van der Waals surface area (Å²) in [7, 11) is 0. The van der Waals surface area contributed by atoms with Gasteiger partial charge in [0.15, 0.2) is 11.6 Å². The van der Waals surface area contributed by atoms with Crippen LogP contribution in [-0.2, 0) is 6.42 Å². The van der Waals surface area contributed by atoms with Gasteiger partial charge < -0.3 is 4.74 Å². The summed E-state index contributed by atoms with van der Waals surface area (Å²) in [5, 5.41) is 0. The van der Waals surface area contributed by atoms with Crippen LogP contribution in [-0.4, -0.2) is 6.61 Å². The minimum Gasteiger partial charge on any atom is -0.491 e. The summed E-state index contributed by atoms with van der Waals surface area (Å²) >= 11 is 0. The third-order valence-corrected chi connectivity index (χ3v) is 8.27. The SMILES string of the molecule is CCCCCC1CCC(CCC2CC=C(CCc3ccc(OCCCC)c(F)c3)CC2)CC1. The first-order chi connectivity index (χ1) is 16.2. The molecular formula is C31H49FO. The third-order valence-electron chi connectivity index (χ3n) is 8.27. The van der Waals surface area contributed by atoms with Gasteiger partial charge in [0, 0.05) is 0 Å². The van der Waals surface area contributed by atoms with Crippen LogP contribution in [0.15, 0.2) is 29.8 Å². The molecule has 2 aliphatic carbocycles. The number of halogens is 1. The molecule has 1 nitrogen and oxygen atoms in total. The van der Waals surface area contributed by atoms with Crippen molar-refractivity contribution >= 4 is 0 Å². The molecule has 0 bridgehead atoms. The highest BCUT2D eigenvalue weighted by Gasteiger charge is 2.22. The predicted octanol–water partition coefficient (Wildman–Crippen LogP) is 9.83. The standard InChI is InChI=1S/C31H49FO/c1-3-5-7-8-25-9-11-26(12-10-25)13-14-27-15-17-28(18-16-27)19-20-29-21-22-31(30(32)24-29)33-23-6-4-2/h17,21-22,24-27H,3-16,18-20,23H2,1-2H3. The molecule has 3 rings (SSSR count). The van der Waals surface area contributed by atoms with Crippen molar-refractivity contribution in [1.82, 2.24) is 0 Å². The maximum absolute atomic E-state index is 14.3. The number of rotatable bonds is 14. The van der Waals surface area contributed by atoms with E-state index in [9.17, 15) is 4.39 Å². The van der Waals surface area contributed by atoms with Gasteiger partial charge in [-0.1, -0.05) is 95.8 Å². The van der Waals surface area contributed by atoms with E-state index in [2.05, 4.69) is 19.9 Å². The molecule has 0 saturated heterocycles. The van der Waals surface area contributed by atoms with E-state index in [0.29, 0.717) is 12.4 Å². The zero-order valence-corrected chi connectivity index (χ0v) is 21.6. The smallest absolute Gasteiger partial charge is 0.165 e. The van der Waals surface area contributed by atoms with Crippen molar-refractivity contribution in [2.75, 3.05) is 6.61 Å². The molecule has 1 fully saturated rings. The molecule has 0 heterocycles. The Bertz CT molecular complexity index is 701. The van der Waals surface area contributed by atoms with Gasteiger partial charge in [-0.15, -0.1) is 0 Å². The first-order valence-corrected chi connectivity index (χ1v) is 14.3. The van der Waals surface area contributed by atoms with Gasteiger partial charge >= 0.3 is 0 Å². The van der Waals surface area contributed by atoms with Gasteiger partial charge in [-0.25, -0.2) is 4.39 Å². The summed E-state index contributed by atoms with van der Waals surface area (Å²) in [4.78, 5) is 0. The van der Waals surface area contributed by atoms with E-state index in [0.717, 1.165) is 49.0 Å². The van der Waals surface area contributed by atoms with E-state index >= 15 is 0 Å². The summed E-state index contributed by atoms with van der Waals surface area (Å²) in [6, 6.07) is 5.52. The molecule has 0 spiro atoms. The third kappa shape index (κ3) is 9.45. The molecule has 0 amide bonds. The van der Waals surface area contributed by atoms with Crippen molar-refractivity contribution in [3.63, 3.8) is 0 Å². The summed E-state index contributed by atoms with van der Waals surface area (Å²) in [6.07, 6.45) is 25.0. The van der Waals surface area contributed by atoms with Crippen LogP contribution in [0.3, 0.4) is 0 Å². The van der Waals surface area contributed by atoms with E-state index in [1.165, 1.54) is 83.5 Å². The number of allylic oxidation sites excluding steroid dienone is 2. The lowest BCUT2D eigenvalue weighted by atomic mass is 9.76. The molecule has 1 unspecified atom stereocenters. The molecule has 0 radical (unpaired) electrons. The highest BCUT2D eigenvalue weighted by molar-refractivity contribution is 5.30. The van der Waals surface area contributed by atoms with E-state index < -0.39 is 0 Å². The van der Waals surface area contributed by atoms with Gasteiger partial charge in [-0.05, 0) is 80.4 Å². The van der Waals surface area contributed by atoms with Crippen LogP contribution in [0.5, 0.6) is 5.75 Å². The predicted molar refractivity (Wildman–Crippen MR) is 139 cm³/mol. The molecule has 1 aromatic rings. The molecule has 1 aromatic carbocycles. The molecule has 1 saturated carbocycles. The average molecular weight is 457 g/mol. The Balaban J connectivity index is 1.31. The maximum Gasteiger partial charge on any atom is 0.165 e. The molecule has 186 valence electrons. The van der Waals surface area contributed by atoms with Crippen LogP contribution in [0.2, 0.25) is 0 Å². The Morgan fingerprint density at radius 3 is 2.21 bits per heavy atom. The van der Waals surface area contributed by atoms with Crippen molar-refractivity contribution in [3.8, 4) is 5.75 Å². The van der Waals surface area contributed by atoms with Crippen LogP contribution < -0.4 is 4.74 Å². The molecule has 0 N–H and O–H groups in total. The number of hydrogen-bond acceptors (Lipinski definition) is 1. The van der Waals surface area contributed by atoms with E-state index in [1.54, 1.807) is 11.6 Å². The van der Waals surface area contributed by atoms with Gasteiger partial charge in [-0.2, -0.15) is 0 Å². The van der Waals surface area contributed by atoms with Gasteiger partial charge in [0.05, 0.1) is 6.61 Å². The first-order valence-electron chi connectivity index (χ1n) is 14.3. The quantitative estimate of drug-likeness (QED) is 0.200. The molecule has 33 heavy (non-hydrogen) atoms. The molecule has 0 aromatic heterocycles. The largest absolute Gasteiger partial charge is 0.491 e. The maximum atomic E-state index is 14.3. The topological polar surface area (TPSA) is 9.23 Å². The molecule has 2 heteroatoms. The average Bonchev–Trinajstić information content (AvgIpc) is 2.84. The van der Waals surface area contributed by atoms with Gasteiger partial charge in [0.1, 0.15) is 0 Å². The van der Waals surface area contributed by atoms with Gasteiger partial charge in [0.25, 0.3) is 0 Å². The zero-order chi connectivity index (χ0) is 23.3. The van der Waals surface area contributed by atoms with Crippen LogP contribution in [0.25, 0.3) is 0 Å². The Morgan fingerprint density at radius 1 is 0.818 bits per heavy atom. The normalized spacial score (nSPS) is 23.4. The Morgan fingerprint density at radius 2 is 1.55 bits per heavy atom. The van der Waals surface area contributed by atoms with Crippen molar-refractivity contribution < 1.29 is 9.13 Å². The van der Waals surface area contributed by atoms with Crippen molar-refractivity contribution in [3.05, 3.63) is 41.2 Å². The second kappa shape index (κ2) is 14.8. The number of benzene rings is 1. The Labute approximate surface area is 203 Å². The fourth-order valence-electron chi connectivity index (χ4n) is 5.84. The van der Waals surface area contributed by atoms with Gasteiger partial charge in [-0.3, -0.25) is 0 Å². The van der Waals surface area contributed by atoms with E-state index in [-0.39, 0.29) is 5.82 Å². The molecule has 2 aliphatic rings. The summed E-state index contributed by atoms with van der Waals surface area (Å²) < 4.78 is 19.8. The van der Waals surface area contributed by atoms with Crippen molar-refractivity contribution in [2.24, 2.45) is 17.8 Å². The molecule has 0 aliphatic heterocycles. The fourth-order valence-corrected chi connectivity index (χ4v) is 5.84. The summed E-state index contributed by atoms with van der Waals surface area (Å²) in [5.74, 6) is 3.12.